The summed E-state index contributed by atoms with van der Waals surface area (Å²) in [6.45, 7) is 0.443. The lowest BCUT2D eigenvalue weighted by Crippen LogP contribution is -2.01. The Morgan fingerprint density at radius 2 is 2.06 bits per heavy atom. The Kier molecular flexibility index (Phi) is 4.01. The van der Waals surface area contributed by atoms with Crippen molar-refractivity contribution in [2.24, 2.45) is 0 Å². The third-order valence-electron chi connectivity index (χ3n) is 2.08. The molecule has 0 spiro atoms. The maximum Gasteiger partial charge on any atom is 0.150 e. The summed E-state index contributed by atoms with van der Waals surface area (Å²) in [6.07, 6.45) is 0. The summed E-state index contributed by atoms with van der Waals surface area (Å²) < 4.78 is 27.2. The number of benzene rings is 1. The topological polar surface area (TPSA) is 12.0 Å². The van der Waals surface area contributed by atoms with Crippen molar-refractivity contribution in [1.29, 1.82) is 0 Å². The van der Waals surface area contributed by atoms with Crippen LogP contribution in [0.4, 0.5) is 14.5 Å². The average molecular weight is 339 g/mol. The van der Waals surface area contributed by atoms with Gasteiger partial charge in [0.05, 0.1) is 14.5 Å². The van der Waals surface area contributed by atoms with Gasteiger partial charge in [0.2, 0.25) is 0 Å². The van der Waals surface area contributed by atoms with Crippen molar-refractivity contribution in [2.75, 3.05) is 5.32 Å². The van der Waals surface area contributed by atoms with Crippen LogP contribution >= 0.6 is 38.9 Å². The predicted octanol–water partition coefficient (Wildman–Crippen LogP) is 5.05. The van der Waals surface area contributed by atoms with Crippen LogP contribution in [0.3, 0.4) is 0 Å². The van der Waals surface area contributed by atoms with Gasteiger partial charge in [-0.3, -0.25) is 0 Å². The number of anilines is 1. The Hall–Kier alpha value is -0.650. The van der Waals surface area contributed by atoms with Crippen molar-refractivity contribution < 1.29 is 8.78 Å². The quantitative estimate of drug-likeness (QED) is 0.825. The van der Waals surface area contributed by atoms with Crippen LogP contribution in [0.5, 0.6) is 0 Å². The molecule has 0 fully saturated rings. The molecule has 0 aliphatic carbocycles. The minimum Gasteiger partial charge on any atom is -0.377 e. The molecule has 0 aliphatic heterocycles. The molecular weight excluding hydrogens is 332 g/mol. The second kappa shape index (κ2) is 5.33. The maximum absolute atomic E-state index is 13.4. The summed E-state index contributed by atoms with van der Waals surface area (Å²) in [5.74, 6) is -1.37. The van der Waals surface area contributed by atoms with Crippen LogP contribution in [-0.2, 0) is 6.54 Å². The van der Waals surface area contributed by atoms with E-state index in [2.05, 4.69) is 21.2 Å². The second-order valence-electron chi connectivity index (χ2n) is 3.30. The van der Waals surface area contributed by atoms with Crippen molar-refractivity contribution in [3.8, 4) is 0 Å². The molecule has 1 heterocycles. The zero-order valence-electron chi connectivity index (χ0n) is 8.44. The van der Waals surface area contributed by atoms with E-state index in [1.165, 1.54) is 11.3 Å². The van der Waals surface area contributed by atoms with Gasteiger partial charge in [0, 0.05) is 17.5 Å². The Balaban J connectivity index is 2.14. The summed E-state index contributed by atoms with van der Waals surface area (Å²) in [5.41, 5.74) is 0.123. The van der Waals surface area contributed by atoms with Crippen molar-refractivity contribution in [3.05, 3.63) is 49.6 Å². The number of nitrogens with one attached hydrogen (secondary N) is 1. The number of rotatable bonds is 3. The average Bonchev–Trinajstić information content (AvgIpc) is 2.62. The first-order valence-electron chi connectivity index (χ1n) is 4.69. The highest BCUT2D eigenvalue weighted by Gasteiger charge is 2.09. The molecule has 0 bridgehead atoms. The molecular formula is C11H7BrClF2NS. The van der Waals surface area contributed by atoms with E-state index in [1.54, 1.807) is 0 Å². The van der Waals surface area contributed by atoms with Crippen LogP contribution in [-0.4, -0.2) is 0 Å². The summed E-state index contributed by atoms with van der Waals surface area (Å²) in [7, 11) is 0. The van der Waals surface area contributed by atoms with Gasteiger partial charge in [0.15, 0.2) is 5.82 Å². The molecule has 0 radical (unpaired) electrons. The number of halogens is 4. The molecule has 6 heteroatoms. The maximum atomic E-state index is 13.4. The highest BCUT2D eigenvalue weighted by atomic mass is 79.9. The summed E-state index contributed by atoms with van der Waals surface area (Å²) in [4.78, 5) is 1.02. The van der Waals surface area contributed by atoms with E-state index in [1.807, 2.05) is 12.1 Å². The molecule has 0 amide bonds. The summed E-state index contributed by atoms with van der Waals surface area (Å²) in [5, 5.41) is 2.89. The van der Waals surface area contributed by atoms with E-state index in [4.69, 9.17) is 11.6 Å². The molecule has 0 unspecified atom stereocenters. The molecule has 0 saturated heterocycles. The number of hydrogen-bond acceptors (Lipinski definition) is 2. The van der Waals surface area contributed by atoms with Crippen LogP contribution < -0.4 is 5.32 Å². The SMILES string of the molecule is Fc1cc(F)c(NCc2ccc(Br)s2)c(Cl)c1. The van der Waals surface area contributed by atoms with Gasteiger partial charge in [-0.05, 0) is 34.1 Å². The smallest absolute Gasteiger partial charge is 0.150 e. The minimum atomic E-state index is -0.689. The van der Waals surface area contributed by atoms with Crippen molar-refractivity contribution in [3.63, 3.8) is 0 Å². The van der Waals surface area contributed by atoms with Crippen LogP contribution in [0.2, 0.25) is 5.02 Å². The van der Waals surface area contributed by atoms with E-state index >= 15 is 0 Å². The van der Waals surface area contributed by atoms with Gasteiger partial charge in [0.1, 0.15) is 5.82 Å². The van der Waals surface area contributed by atoms with E-state index < -0.39 is 11.6 Å². The van der Waals surface area contributed by atoms with Crippen molar-refractivity contribution in [2.45, 2.75) is 6.54 Å². The van der Waals surface area contributed by atoms with Gasteiger partial charge < -0.3 is 5.32 Å². The first-order valence-corrected chi connectivity index (χ1v) is 6.67. The summed E-state index contributed by atoms with van der Waals surface area (Å²) in [6, 6.07) is 5.71. The fourth-order valence-electron chi connectivity index (χ4n) is 1.33. The lowest BCUT2D eigenvalue weighted by atomic mass is 10.3. The molecule has 0 saturated carbocycles. The van der Waals surface area contributed by atoms with Gasteiger partial charge in [-0.2, -0.15) is 0 Å². The van der Waals surface area contributed by atoms with Gasteiger partial charge in [0.25, 0.3) is 0 Å². The second-order valence-corrected chi connectivity index (χ2v) is 6.26. The van der Waals surface area contributed by atoms with Crippen LogP contribution in [0.25, 0.3) is 0 Å². The molecule has 1 aromatic carbocycles. The van der Waals surface area contributed by atoms with Gasteiger partial charge in [-0.1, -0.05) is 11.6 Å². The Morgan fingerprint density at radius 3 is 2.65 bits per heavy atom. The third-order valence-corrected chi connectivity index (χ3v) is 4.00. The minimum absolute atomic E-state index is 0.0399. The number of thiophene rings is 1. The molecule has 1 N–H and O–H groups in total. The Bertz CT molecular complexity index is 521. The summed E-state index contributed by atoms with van der Waals surface area (Å²) >= 11 is 10.6. The molecule has 17 heavy (non-hydrogen) atoms. The van der Waals surface area contributed by atoms with Crippen LogP contribution in [0.15, 0.2) is 28.1 Å². The first kappa shape index (κ1) is 12.8. The third kappa shape index (κ3) is 3.18. The first-order chi connectivity index (χ1) is 8.06. The molecule has 1 nitrogen and oxygen atoms in total. The standard InChI is InChI=1S/C11H7BrClF2NS/c12-10-2-1-7(17-10)5-16-11-8(13)3-6(14)4-9(11)15/h1-4,16H,5H2. The van der Waals surface area contributed by atoms with E-state index in [0.29, 0.717) is 6.54 Å². The largest absolute Gasteiger partial charge is 0.377 e. The molecule has 2 aromatic rings. The number of hydrogen-bond donors (Lipinski definition) is 1. The Morgan fingerprint density at radius 1 is 1.29 bits per heavy atom. The lowest BCUT2D eigenvalue weighted by molar-refractivity contribution is 0.585. The predicted molar refractivity (Wildman–Crippen MR) is 70.7 cm³/mol. The van der Waals surface area contributed by atoms with Gasteiger partial charge in [-0.25, -0.2) is 8.78 Å². The van der Waals surface area contributed by atoms with Crippen LogP contribution in [0, 0.1) is 11.6 Å². The monoisotopic (exact) mass is 337 g/mol. The van der Waals surface area contributed by atoms with Gasteiger partial charge >= 0.3 is 0 Å². The molecule has 0 aliphatic rings. The fourth-order valence-corrected chi connectivity index (χ4v) is 3.02. The van der Waals surface area contributed by atoms with E-state index in [0.717, 1.165) is 20.8 Å². The molecule has 90 valence electrons. The zero-order valence-corrected chi connectivity index (χ0v) is 11.6. The Labute approximate surface area is 115 Å². The fraction of sp³-hybridized carbons (Fsp3) is 0.0909. The van der Waals surface area contributed by atoms with Crippen molar-refractivity contribution >= 4 is 44.6 Å². The molecule has 2 rings (SSSR count). The van der Waals surface area contributed by atoms with Gasteiger partial charge in [-0.15, -0.1) is 11.3 Å². The zero-order chi connectivity index (χ0) is 12.4. The van der Waals surface area contributed by atoms with E-state index in [9.17, 15) is 8.78 Å². The molecule has 1 aromatic heterocycles. The highest BCUT2D eigenvalue weighted by Crippen LogP contribution is 2.28. The lowest BCUT2D eigenvalue weighted by Gasteiger charge is -2.08. The normalized spacial score (nSPS) is 10.6. The van der Waals surface area contributed by atoms with E-state index in [-0.39, 0.29) is 10.7 Å². The molecule has 0 atom stereocenters. The van der Waals surface area contributed by atoms with Crippen molar-refractivity contribution in [1.82, 2.24) is 0 Å². The highest BCUT2D eigenvalue weighted by molar-refractivity contribution is 9.11. The van der Waals surface area contributed by atoms with Crippen LogP contribution in [0.1, 0.15) is 4.88 Å².